The molecule has 2 rings (SSSR count). The van der Waals surface area contributed by atoms with E-state index in [0.717, 1.165) is 0 Å². The molecule has 0 atom stereocenters. The second kappa shape index (κ2) is 2.38. The maximum absolute atomic E-state index is 3.25. The Kier molecular flexibility index (Phi) is 1.48. The van der Waals surface area contributed by atoms with Crippen LogP contribution in [0, 0.1) is 6.92 Å². The first-order chi connectivity index (χ1) is 5.68. The molecular formula is C9H13N3. The third-order valence-corrected chi connectivity index (χ3v) is 2.23. The fourth-order valence-electron chi connectivity index (χ4n) is 1.43. The largest absolute Gasteiger partial charge is 0.299 e. The van der Waals surface area contributed by atoms with Gasteiger partial charge in [0.25, 0.3) is 0 Å². The van der Waals surface area contributed by atoms with Crippen LogP contribution in [0.4, 0.5) is 11.4 Å². The first-order valence-electron chi connectivity index (χ1n) is 4.03. The number of rotatable bonds is 0. The number of aryl methyl sites for hydroxylation is 1. The summed E-state index contributed by atoms with van der Waals surface area (Å²) in [5, 5.41) is 4.04. The number of anilines is 2. The maximum atomic E-state index is 3.25. The number of hydrogen-bond donors (Lipinski definition) is 1. The van der Waals surface area contributed by atoms with Gasteiger partial charge < -0.3 is 0 Å². The molecule has 1 N–H and O–H groups in total. The van der Waals surface area contributed by atoms with Crippen LogP contribution in [0.15, 0.2) is 18.2 Å². The van der Waals surface area contributed by atoms with Crippen LogP contribution >= 0.6 is 0 Å². The highest BCUT2D eigenvalue weighted by Crippen LogP contribution is 2.31. The van der Waals surface area contributed by atoms with Gasteiger partial charge in [0.05, 0.1) is 11.4 Å². The molecule has 0 spiro atoms. The van der Waals surface area contributed by atoms with Crippen LogP contribution in [-0.4, -0.2) is 19.2 Å². The van der Waals surface area contributed by atoms with Gasteiger partial charge in [-0.1, -0.05) is 6.07 Å². The van der Waals surface area contributed by atoms with E-state index < -0.39 is 0 Å². The van der Waals surface area contributed by atoms with Crippen molar-refractivity contribution in [1.82, 2.24) is 5.12 Å². The number of hydrogen-bond acceptors (Lipinski definition) is 3. The molecule has 1 aliphatic rings. The molecule has 0 amide bonds. The van der Waals surface area contributed by atoms with Gasteiger partial charge in [0.2, 0.25) is 0 Å². The first-order valence-corrected chi connectivity index (χ1v) is 4.03. The molecule has 0 fully saturated rings. The van der Waals surface area contributed by atoms with E-state index in [1.165, 1.54) is 16.9 Å². The van der Waals surface area contributed by atoms with E-state index in [-0.39, 0.29) is 0 Å². The van der Waals surface area contributed by atoms with E-state index in [1.807, 2.05) is 19.2 Å². The number of nitrogens with one attached hydrogen (secondary N) is 1. The molecule has 12 heavy (non-hydrogen) atoms. The average Bonchev–Trinajstić information content (AvgIpc) is 2.28. The summed E-state index contributed by atoms with van der Waals surface area (Å²) in [4.78, 5) is 0. The van der Waals surface area contributed by atoms with Crippen LogP contribution in [-0.2, 0) is 0 Å². The zero-order valence-corrected chi connectivity index (χ0v) is 7.63. The van der Waals surface area contributed by atoms with Gasteiger partial charge in [-0.15, -0.1) is 5.12 Å². The number of fused-ring (bicyclic) bond motifs is 1. The molecule has 64 valence electrons. The van der Waals surface area contributed by atoms with Gasteiger partial charge >= 0.3 is 0 Å². The summed E-state index contributed by atoms with van der Waals surface area (Å²) < 4.78 is 0. The van der Waals surface area contributed by atoms with Gasteiger partial charge in [0, 0.05) is 14.1 Å². The number of benzene rings is 1. The van der Waals surface area contributed by atoms with E-state index in [2.05, 4.69) is 35.6 Å². The monoisotopic (exact) mass is 163 g/mol. The molecule has 1 heterocycles. The molecule has 3 nitrogen and oxygen atoms in total. The summed E-state index contributed by atoms with van der Waals surface area (Å²) in [7, 11) is 4.03. The lowest BCUT2D eigenvalue weighted by Gasteiger charge is -2.19. The molecule has 3 heteroatoms. The zero-order valence-electron chi connectivity index (χ0n) is 7.63. The van der Waals surface area contributed by atoms with Crippen molar-refractivity contribution in [3.05, 3.63) is 23.8 Å². The predicted octanol–water partition coefficient (Wildman–Crippen LogP) is 1.62. The summed E-state index contributed by atoms with van der Waals surface area (Å²) >= 11 is 0. The van der Waals surface area contributed by atoms with Crippen LogP contribution < -0.4 is 10.4 Å². The Morgan fingerprint density at radius 3 is 2.75 bits per heavy atom. The van der Waals surface area contributed by atoms with Crippen LogP contribution in [0.25, 0.3) is 0 Å². The maximum Gasteiger partial charge on any atom is 0.0782 e. The Morgan fingerprint density at radius 2 is 2.00 bits per heavy atom. The van der Waals surface area contributed by atoms with Gasteiger partial charge in [-0.05, 0) is 24.6 Å². The van der Waals surface area contributed by atoms with E-state index in [4.69, 9.17) is 0 Å². The molecule has 0 bridgehead atoms. The van der Waals surface area contributed by atoms with E-state index >= 15 is 0 Å². The van der Waals surface area contributed by atoms with Crippen molar-refractivity contribution in [3.8, 4) is 0 Å². The third kappa shape index (κ3) is 0.940. The molecule has 1 aromatic rings. The second-order valence-corrected chi connectivity index (χ2v) is 3.18. The molecule has 0 radical (unpaired) electrons. The third-order valence-electron chi connectivity index (χ3n) is 2.23. The van der Waals surface area contributed by atoms with Crippen molar-refractivity contribution in [2.75, 3.05) is 24.5 Å². The summed E-state index contributed by atoms with van der Waals surface area (Å²) in [6.07, 6.45) is 0. The molecule has 1 aromatic carbocycles. The van der Waals surface area contributed by atoms with Gasteiger partial charge in [-0.2, -0.15) is 0 Å². The topological polar surface area (TPSA) is 18.5 Å². The van der Waals surface area contributed by atoms with Crippen LogP contribution in [0.2, 0.25) is 0 Å². The Morgan fingerprint density at radius 1 is 1.25 bits per heavy atom. The highest BCUT2D eigenvalue weighted by atomic mass is 15.8. The molecule has 1 aliphatic heterocycles. The van der Waals surface area contributed by atoms with Crippen molar-refractivity contribution in [3.63, 3.8) is 0 Å². The van der Waals surface area contributed by atoms with E-state index in [9.17, 15) is 0 Å². The van der Waals surface area contributed by atoms with Crippen LogP contribution in [0.3, 0.4) is 0 Å². The summed E-state index contributed by atoms with van der Waals surface area (Å²) in [6.45, 7) is 2.10. The lowest BCUT2D eigenvalue weighted by molar-refractivity contribution is 0.412. The highest BCUT2D eigenvalue weighted by molar-refractivity contribution is 5.73. The standard InChI is InChI=1S/C9H13N3/c1-7-4-5-9-8(6-7)10-12(3)11(9)2/h4-6,10H,1-3H3. The summed E-state index contributed by atoms with van der Waals surface area (Å²) in [5.41, 5.74) is 6.94. The Labute approximate surface area is 72.5 Å². The lowest BCUT2D eigenvalue weighted by Crippen LogP contribution is -2.34. The second-order valence-electron chi connectivity index (χ2n) is 3.18. The summed E-state index contributed by atoms with van der Waals surface area (Å²) in [6, 6.07) is 6.40. The van der Waals surface area contributed by atoms with Crippen molar-refractivity contribution >= 4 is 11.4 Å². The Balaban J connectivity index is 2.47. The van der Waals surface area contributed by atoms with E-state index in [0.29, 0.717) is 0 Å². The number of hydrazine groups is 2. The predicted molar refractivity (Wildman–Crippen MR) is 51.0 cm³/mol. The highest BCUT2D eigenvalue weighted by Gasteiger charge is 2.19. The molecule has 0 saturated heterocycles. The molecule has 0 saturated carbocycles. The van der Waals surface area contributed by atoms with Gasteiger partial charge in [0.15, 0.2) is 0 Å². The minimum Gasteiger partial charge on any atom is -0.299 e. The summed E-state index contributed by atoms with van der Waals surface area (Å²) in [5.74, 6) is 0. The normalized spacial score (nSPS) is 16.1. The minimum atomic E-state index is 1.18. The van der Waals surface area contributed by atoms with Crippen LogP contribution in [0.5, 0.6) is 0 Å². The molecule has 0 aliphatic carbocycles. The fraction of sp³-hybridized carbons (Fsp3) is 0.333. The van der Waals surface area contributed by atoms with Crippen molar-refractivity contribution < 1.29 is 0 Å². The Bertz CT molecular complexity index is 309. The van der Waals surface area contributed by atoms with Crippen molar-refractivity contribution in [2.24, 2.45) is 0 Å². The average molecular weight is 163 g/mol. The van der Waals surface area contributed by atoms with Crippen molar-refractivity contribution in [2.45, 2.75) is 6.92 Å². The number of nitrogens with zero attached hydrogens (tertiary/aromatic N) is 2. The van der Waals surface area contributed by atoms with Gasteiger partial charge in [0.1, 0.15) is 0 Å². The van der Waals surface area contributed by atoms with Crippen molar-refractivity contribution in [1.29, 1.82) is 0 Å². The van der Waals surface area contributed by atoms with Gasteiger partial charge in [-0.25, -0.2) is 0 Å². The molecule has 0 unspecified atom stereocenters. The quantitative estimate of drug-likeness (QED) is 0.627. The molecular weight excluding hydrogens is 150 g/mol. The SMILES string of the molecule is Cc1ccc2c(c1)NN(C)N2C. The smallest absolute Gasteiger partial charge is 0.0782 e. The van der Waals surface area contributed by atoms with Crippen LogP contribution in [0.1, 0.15) is 5.56 Å². The Hall–Kier alpha value is -1.22. The van der Waals surface area contributed by atoms with E-state index in [1.54, 1.807) is 0 Å². The fourth-order valence-corrected chi connectivity index (χ4v) is 1.43. The minimum absolute atomic E-state index is 1.18. The lowest BCUT2D eigenvalue weighted by atomic mass is 10.2. The molecule has 0 aromatic heterocycles. The van der Waals surface area contributed by atoms with Gasteiger partial charge in [-0.3, -0.25) is 10.4 Å². The zero-order chi connectivity index (χ0) is 8.72. The first kappa shape index (κ1) is 7.43.